The van der Waals surface area contributed by atoms with Crippen LogP contribution in [0.3, 0.4) is 0 Å². The van der Waals surface area contributed by atoms with Gasteiger partial charge < -0.3 is 19.8 Å². The molecule has 30 heavy (non-hydrogen) atoms. The standard InChI is InChI=1S/C24H38BNO4/c1-16(2)28-20(27)24(26,15-21(3,4)17-9-10-17)18-11-13-19(14-12-18)25-29-22(5,6)23(7,8)30-25/h11-14,16-17H,9-10,15,26H2,1-8H3. The van der Waals surface area contributed by atoms with Crippen LogP contribution in [-0.4, -0.2) is 30.4 Å². The Hall–Kier alpha value is -1.37. The van der Waals surface area contributed by atoms with Gasteiger partial charge in [-0.25, -0.2) is 4.79 Å². The number of hydrogen-bond donors (Lipinski definition) is 1. The second-order valence-corrected chi connectivity index (χ2v) is 11.1. The zero-order chi connectivity index (χ0) is 22.5. The van der Waals surface area contributed by atoms with Crippen molar-refractivity contribution in [3.63, 3.8) is 0 Å². The molecule has 1 saturated heterocycles. The Balaban J connectivity index is 1.88. The topological polar surface area (TPSA) is 70.8 Å². The van der Waals surface area contributed by atoms with Crippen molar-refractivity contribution in [2.24, 2.45) is 17.1 Å². The molecule has 2 fully saturated rings. The van der Waals surface area contributed by atoms with Gasteiger partial charge in [0.05, 0.1) is 17.3 Å². The quantitative estimate of drug-likeness (QED) is 0.540. The van der Waals surface area contributed by atoms with Crippen LogP contribution in [-0.2, 0) is 24.4 Å². The van der Waals surface area contributed by atoms with E-state index in [0.717, 1.165) is 11.0 Å². The molecule has 1 heterocycles. The van der Waals surface area contributed by atoms with E-state index < -0.39 is 23.9 Å². The van der Waals surface area contributed by atoms with Crippen molar-refractivity contribution in [1.82, 2.24) is 0 Å². The number of benzene rings is 1. The van der Waals surface area contributed by atoms with Crippen molar-refractivity contribution in [1.29, 1.82) is 0 Å². The molecule has 1 aromatic rings. The molecule has 3 rings (SSSR count). The van der Waals surface area contributed by atoms with E-state index in [4.69, 9.17) is 19.8 Å². The van der Waals surface area contributed by atoms with E-state index in [1.807, 2.05) is 65.8 Å². The fourth-order valence-electron chi connectivity index (χ4n) is 4.26. The third kappa shape index (κ3) is 4.46. The maximum Gasteiger partial charge on any atom is 0.494 e. The van der Waals surface area contributed by atoms with Crippen molar-refractivity contribution in [3.8, 4) is 0 Å². The highest BCUT2D eigenvalue weighted by atomic mass is 16.7. The minimum Gasteiger partial charge on any atom is -0.461 e. The molecule has 1 aliphatic heterocycles. The van der Waals surface area contributed by atoms with Gasteiger partial charge in [0.25, 0.3) is 0 Å². The Morgan fingerprint density at radius 3 is 2.07 bits per heavy atom. The number of carbonyl (C=O) groups excluding carboxylic acids is 1. The van der Waals surface area contributed by atoms with Crippen LogP contribution in [0.5, 0.6) is 0 Å². The minimum absolute atomic E-state index is 0.0326. The Morgan fingerprint density at radius 2 is 1.63 bits per heavy atom. The van der Waals surface area contributed by atoms with Crippen LogP contribution in [0.4, 0.5) is 0 Å². The summed E-state index contributed by atoms with van der Waals surface area (Å²) in [5, 5.41) is 0. The molecule has 2 N–H and O–H groups in total. The average molecular weight is 415 g/mol. The lowest BCUT2D eigenvalue weighted by Gasteiger charge is -2.36. The number of hydrogen-bond acceptors (Lipinski definition) is 5. The molecular formula is C24H38BNO4. The van der Waals surface area contributed by atoms with Gasteiger partial charge in [-0.3, -0.25) is 0 Å². The summed E-state index contributed by atoms with van der Waals surface area (Å²) in [4.78, 5) is 13.1. The van der Waals surface area contributed by atoms with E-state index in [0.29, 0.717) is 12.3 Å². The smallest absolute Gasteiger partial charge is 0.461 e. The molecule has 166 valence electrons. The van der Waals surface area contributed by atoms with Crippen molar-refractivity contribution in [2.45, 2.75) is 97.5 Å². The molecule has 2 aliphatic rings. The van der Waals surface area contributed by atoms with Crippen LogP contribution in [0.25, 0.3) is 0 Å². The second-order valence-electron chi connectivity index (χ2n) is 11.1. The Kier molecular flexibility index (Phi) is 5.94. The fraction of sp³-hybridized carbons (Fsp3) is 0.708. The van der Waals surface area contributed by atoms with Crippen molar-refractivity contribution >= 4 is 18.6 Å². The number of rotatable bonds is 7. The summed E-state index contributed by atoms with van der Waals surface area (Å²) in [5.74, 6) is 0.242. The highest BCUT2D eigenvalue weighted by Crippen LogP contribution is 2.50. The predicted octanol–water partition coefficient (Wildman–Crippen LogP) is 3.92. The number of esters is 1. The second kappa shape index (κ2) is 7.65. The summed E-state index contributed by atoms with van der Waals surface area (Å²) in [6.07, 6.45) is 2.73. The average Bonchev–Trinajstić information content (AvgIpc) is 3.42. The number of carbonyl (C=O) groups is 1. The normalized spacial score (nSPS) is 22.8. The van der Waals surface area contributed by atoms with E-state index in [1.54, 1.807) is 0 Å². The van der Waals surface area contributed by atoms with Crippen molar-refractivity contribution in [2.75, 3.05) is 0 Å². The lowest BCUT2D eigenvalue weighted by molar-refractivity contribution is -0.156. The van der Waals surface area contributed by atoms with E-state index >= 15 is 0 Å². The maximum absolute atomic E-state index is 13.1. The molecular weight excluding hydrogens is 377 g/mol. The molecule has 6 heteroatoms. The van der Waals surface area contributed by atoms with Gasteiger partial charge in [-0.2, -0.15) is 0 Å². The monoisotopic (exact) mass is 415 g/mol. The summed E-state index contributed by atoms with van der Waals surface area (Å²) in [6, 6.07) is 7.74. The minimum atomic E-state index is -1.19. The van der Waals surface area contributed by atoms with Crippen LogP contribution in [0.1, 0.15) is 80.2 Å². The molecule has 1 atom stereocenters. The molecule has 0 radical (unpaired) electrons. The predicted molar refractivity (Wildman–Crippen MR) is 120 cm³/mol. The van der Waals surface area contributed by atoms with Crippen LogP contribution in [0.2, 0.25) is 0 Å². The number of ether oxygens (including phenoxy) is 1. The molecule has 0 amide bonds. The van der Waals surface area contributed by atoms with E-state index in [1.165, 1.54) is 12.8 Å². The zero-order valence-electron chi connectivity index (χ0n) is 19.9. The lowest BCUT2D eigenvalue weighted by atomic mass is 9.71. The van der Waals surface area contributed by atoms with Gasteiger partial charge in [0.15, 0.2) is 0 Å². The molecule has 1 aliphatic carbocycles. The lowest BCUT2D eigenvalue weighted by Crippen LogP contribution is -2.50. The summed E-state index contributed by atoms with van der Waals surface area (Å²) in [6.45, 7) is 16.3. The van der Waals surface area contributed by atoms with Gasteiger partial charge in [0.2, 0.25) is 0 Å². The highest BCUT2D eigenvalue weighted by molar-refractivity contribution is 6.62. The van der Waals surface area contributed by atoms with Gasteiger partial charge in [-0.1, -0.05) is 38.1 Å². The third-order valence-corrected chi connectivity index (χ3v) is 7.08. The maximum atomic E-state index is 13.1. The molecule has 5 nitrogen and oxygen atoms in total. The van der Waals surface area contributed by atoms with Crippen molar-refractivity contribution < 1.29 is 18.8 Å². The molecule has 1 unspecified atom stereocenters. The molecule has 1 saturated carbocycles. The largest absolute Gasteiger partial charge is 0.494 e. The Morgan fingerprint density at radius 1 is 1.13 bits per heavy atom. The van der Waals surface area contributed by atoms with E-state index in [2.05, 4.69) is 13.8 Å². The summed E-state index contributed by atoms with van der Waals surface area (Å²) in [7, 11) is -0.443. The van der Waals surface area contributed by atoms with Gasteiger partial charge in [-0.05, 0) is 83.2 Å². The SMILES string of the molecule is CC(C)OC(=O)C(N)(CC(C)(C)C1CC1)c1ccc(B2OC(C)(C)C(C)(C)O2)cc1. The fourth-order valence-corrected chi connectivity index (χ4v) is 4.26. The first-order valence-corrected chi connectivity index (χ1v) is 11.1. The Bertz CT molecular complexity index is 767. The van der Waals surface area contributed by atoms with Gasteiger partial charge in [0.1, 0.15) is 5.54 Å². The molecule has 1 aromatic carbocycles. The van der Waals surface area contributed by atoms with Crippen LogP contribution < -0.4 is 11.2 Å². The molecule has 0 spiro atoms. The highest BCUT2D eigenvalue weighted by Gasteiger charge is 2.52. The van der Waals surface area contributed by atoms with Gasteiger partial charge >= 0.3 is 13.1 Å². The summed E-state index contributed by atoms with van der Waals surface area (Å²) >= 11 is 0. The first kappa shape index (κ1) is 23.3. The van der Waals surface area contributed by atoms with Crippen LogP contribution in [0.15, 0.2) is 24.3 Å². The summed E-state index contributed by atoms with van der Waals surface area (Å²) in [5.41, 5.74) is 6.48. The number of nitrogens with two attached hydrogens (primary N) is 1. The third-order valence-electron chi connectivity index (χ3n) is 7.08. The van der Waals surface area contributed by atoms with E-state index in [9.17, 15) is 4.79 Å². The first-order valence-electron chi connectivity index (χ1n) is 11.1. The summed E-state index contributed by atoms with van der Waals surface area (Å²) < 4.78 is 17.9. The van der Waals surface area contributed by atoms with Gasteiger partial charge in [0, 0.05) is 0 Å². The van der Waals surface area contributed by atoms with Crippen LogP contribution >= 0.6 is 0 Å². The Labute approximate surface area is 182 Å². The van der Waals surface area contributed by atoms with E-state index in [-0.39, 0.29) is 17.5 Å². The van der Waals surface area contributed by atoms with Gasteiger partial charge in [-0.15, -0.1) is 0 Å². The van der Waals surface area contributed by atoms with Crippen LogP contribution in [0, 0.1) is 11.3 Å². The first-order chi connectivity index (χ1) is 13.7. The molecule has 0 bridgehead atoms. The zero-order valence-corrected chi connectivity index (χ0v) is 19.9. The van der Waals surface area contributed by atoms with Crippen molar-refractivity contribution in [3.05, 3.63) is 29.8 Å². The molecule has 0 aromatic heterocycles.